The third-order valence-corrected chi connectivity index (χ3v) is 17.1. The molecule has 6 aromatic carbocycles. The zero-order valence-corrected chi connectivity index (χ0v) is 39.8. The average Bonchev–Trinajstić information content (AvgIpc) is 3.88. The molecule has 2 aliphatic heterocycles. The zero-order valence-electron chi connectivity index (χ0n) is 35.5. The van der Waals surface area contributed by atoms with E-state index in [2.05, 4.69) is 184 Å². The van der Waals surface area contributed by atoms with Gasteiger partial charge in [0.15, 0.2) is 0 Å². The summed E-state index contributed by atoms with van der Waals surface area (Å²) in [6.07, 6.45) is 2.15. The summed E-state index contributed by atoms with van der Waals surface area (Å²) in [6, 6.07) is 49.6. The molecule has 2 fully saturated rings. The van der Waals surface area contributed by atoms with Gasteiger partial charge in [0.2, 0.25) is 0 Å². The molecule has 320 valence electrons. The quantitative estimate of drug-likeness (QED) is 0.0941. The Hall–Kier alpha value is -3.92. The Kier molecular flexibility index (Phi) is 16.7. The minimum Gasteiger partial charge on any atom is -0.379 e. The molecule has 0 aromatic heterocycles. The largest absolute Gasteiger partial charge is 0.379 e. The molecule has 0 atom stereocenters. The molecule has 0 N–H and O–H groups in total. The van der Waals surface area contributed by atoms with Crippen molar-refractivity contribution in [1.82, 2.24) is 4.67 Å². The maximum atomic E-state index is 6.19. The van der Waals surface area contributed by atoms with Crippen molar-refractivity contribution in [3.63, 3.8) is 0 Å². The predicted molar refractivity (Wildman–Crippen MR) is 266 cm³/mol. The molecule has 8 heteroatoms. The number of morpholine rings is 1. The Labute approximate surface area is 380 Å². The monoisotopic (exact) mass is 957 g/mol. The molecule has 0 bridgehead atoms. The van der Waals surface area contributed by atoms with Crippen molar-refractivity contribution in [2.45, 2.75) is 49.0 Å². The zero-order chi connectivity index (χ0) is 42.2. The van der Waals surface area contributed by atoms with Crippen molar-refractivity contribution in [3.8, 4) is 0 Å². The smallest absolute Gasteiger partial charge is 0.135 e. The van der Waals surface area contributed by atoms with Crippen molar-refractivity contribution in [3.05, 3.63) is 202 Å². The molecule has 3 aliphatic rings. The molecule has 6 aromatic rings. The molecule has 0 spiro atoms. The molecule has 0 unspecified atom stereocenters. The van der Waals surface area contributed by atoms with Gasteiger partial charge in [-0.1, -0.05) is 79.2 Å². The fourth-order valence-electron chi connectivity index (χ4n) is 8.77. The van der Waals surface area contributed by atoms with Gasteiger partial charge in [0.05, 0.1) is 26.3 Å². The molecule has 0 radical (unpaired) electrons. The maximum absolute atomic E-state index is 6.19. The van der Waals surface area contributed by atoms with Crippen LogP contribution in [0.5, 0.6) is 0 Å². The molecule has 61 heavy (non-hydrogen) atoms. The third kappa shape index (κ3) is 11.4. The van der Waals surface area contributed by atoms with E-state index in [1.54, 1.807) is 0 Å². The summed E-state index contributed by atoms with van der Waals surface area (Å²) in [5, 5.41) is 2.92. The van der Waals surface area contributed by atoms with Crippen LogP contribution in [0, 0.1) is 48.2 Å². The number of benzene rings is 6. The Morgan fingerprint density at radius 3 is 1.39 bits per heavy atom. The van der Waals surface area contributed by atoms with Crippen LogP contribution in [0.4, 0.5) is 11.4 Å². The van der Waals surface area contributed by atoms with Crippen molar-refractivity contribution in [1.29, 1.82) is 0 Å². The first-order valence-electron chi connectivity index (χ1n) is 20.7. The molecule has 0 saturated carbocycles. The van der Waals surface area contributed by atoms with Gasteiger partial charge in [0, 0.05) is 24.5 Å². The van der Waals surface area contributed by atoms with E-state index in [-0.39, 0.29) is 7.43 Å². The van der Waals surface area contributed by atoms with Gasteiger partial charge in [-0.25, -0.2) is 0 Å². The predicted octanol–water partition coefficient (Wildman–Crippen LogP) is 12.3. The summed E-state index contributed by atoms with van der Waals surface area (Å²) in [4.78, 5) is 4.81. The Bertz CT molecular complexity index is 2300. The molecule has 9 rings (SSSR count). The summed E-state index contributed by atoms with van der Waals surface area (Å²) >= 11 is -1.88. The first-order chi connectivity index (χ1) is 29.1. The van der Waals surface area contributed by atoms with Crippen LogP contribution in [0.2, 0.25) is 0 Å². The fourth-order valence-corrected chi connectivity index (χ4v) is 14.0. The molecule has 2 heterocycles. The number of nitrogens with zero attached hydrogens (tertiary/aromatic N) is 3. The van der Waals surface area contributed by atoms with Crippen LogP contribution < -0.4 is 20.4 Å². The van der Waals surface area contributed by atoms with E-state index in [1.165, 1.54) is 77.6 Å². The van der Waals surface area contributed by atoms with Crippen molar-refractivity contribution < 1.29 is 18.3 Å². The van der Waals surface area contributed by atoms with Gasteiger partial charge in [-0.3, -0.25) is 0 Å². The molecule has 4 nitrogen and oxygen atoms in total. The molecule has 2 saturated heterocycles. The standard InChI is InChI=1S/C21H27N2.C16H18NOP.C15H10.CH4.2ClH.Ru/c1-14-9-16(3)20(17(4)10-14)22-7-8-23(13-22)21-18(5)11-15(2)12-19(21)6;1-3-7-15(8-4-1)19(16-9-5-2-6-10-16)17-11-13-18-14-12-17;1-2-6-12(7-3-1)15-11-10-13-8-4-5-9-14(13)15;;;;/h9-13H,7-8H2,1-6H3;1-10H,11-14H2;1-9,11H;1H4;2*1H;/q-1;;;;;;+2/p-1. The van der Waals surface area contributed by atoms with E-state index >= 15 is 0 Å². The van der Waals surface area contributed by atoms with Crippen LogP contribution in [0.1, 0.15) is 57.5 Å². The average molecular weight is 958 g/mol. The minimum absolute atomic E-state index is 0. The minimum atomic E-state index is -1.88. The van der Waals surface area contributed by atoms with E-state index in [0.29, 0.717) is 0 Å². The number of hydrogen-bond donors (Lipinski definition) is 0. The summed E-state index contributed by atoms with van der Waals surface area (Å²) in [5.74, 6) is 0. The van der Waals surface area contributed by atoms with Crippen molar-refractivity contribution in [2.75, 3.05) is 49.2 Å². The Morgan fingerprint density at radius 2 is 0.951 bits per heavy atom. The number of aryl methyl sites for hydroxylation is 6. The van der Waals surface area contributed by atoms with Crippen LogP contribution in [0.3, 0.4) is 0 Å². The van der Waals surface area contributed by atoms with E-state index in [9.17, 15) is 0 Å². The van der Waals surface area contributed by atoms with Crippen molar-refractivity contribution >= 4 is 59.1 Å². The normalized spacial score (nSPS) is 14.9. The van der Waals surface area contributed by atoms with Gasteiger partial charge in [-0.15, -0.1) is 0 Å². The number of halogens is 2. The van der Waals surface area contributed by atoms with Gasteiger partial charge in [-0.2, -0.15) is 11.3 Å². The summed E-state index contributed by atoms with van der Waals surface area (Å²) in [7, 11) is 11.5. The number of allylic oxidation sites excluding steroid dienone is 1. The second kappa shape index (κ2) is 21.9. The van der Waals surface area contributed by atoms with Crippen LogP contribution >= 0.6 is 27.5 Å². The summed E-state index contributed by atoms with van der Waals surface area (Å²) < 4.78 is 9.23. The van der Waals surface area contributed by atoms with Gasteiger partial charge in [0.25, 0.3) is 0 Å². The van der Waals surface area contributed by atoms with E-state index < -0.39 is 21.6 Å². The van der Waals surface area contributed by atoms with Gasteiger partial charge in [0.1, 0.15) is 18.7 Å². The number of anilines is 2. The second-order valence-electron chi connectivity index (χ2n) is 15.7. The Morgan fingerprint density at radius 1 is 0.541 bits per heavy atom. The molecule has 1 aliphatic carbocycles. The van der Waals surface area contributed by atoms with Crippen LogP contribution in [-0.2, 0) is 18.3 Å². The molecule has 0 amide bonds. The van der Waals surface area contributed by atoms with Gasteiger partial charge in [-0.05, 0) is 88.1 Å². The SMILES string of the molecule is C.Cc1cc(C)c(N2[CH-]N(c3c(C)cc(C)cc3C)CC2)c(C)c1.[Cl][Ru]([Cl])=[C]1C=C(c2ccccc2)c2ccccc21.c1ccc([PH+](c2ccccc2)N2CCOCC2)cc1. The summed E-state index contributed by atoms with van der Waals surface area (Å²) in [5.41, 5.74) is 15.7. The number of fused-ring (bicyclic) bond motifs is 1. The van der Waals surface area contributed by atoms with Crippen LogP contribution in [0.15, 0.2) is 146 Å². The number of rotatable bonds is 6. The topological polar surface area (TPSA) is 19.0 Å². The second-order valence-corrected chi connectivity index (χ2v) is 24.0. The first kappa shape index (κ1) is 46.6. The van der Waals surface area contributed by atoms with E-state index in [4.69, 9.17) is 24.1 Å². The van der Waals surface area contributed by atoms with Gasteiger partial charge >= 0.3 is 120 Å². The fraction of sp³-hybridized carbons (Fsp3) is 0.245. The number of hydrogen-bond acceptors (Lipinski definition) is 4. The van der Waals surface area contributed by atoms with Crippen LogP contribution in [0.25, 0.3) is 5.57 Å². The number of ether oxygens (including phenoxy) is 1. The first-order valence-corrected chi connectivity index (χ1v) is 27.5. The van der Waals surface area contributed by atoms with Crippen LogP contribution in [-0.4, -0.2) is 48.2 Å². The van der Waals surface area contributed by atoms with Gasteiger partial charge < -0.3 is 14.5 Å². The maximum Gasteiger partial charge on any atom is 0.135 e. The van der Waals surface area contributed by atoms with Crippen molar-refractivity contribution in [2.24, 2.45) is 0 Å². The summed E-state index contributed by atoms with van der Waals surface area (Å²) in [6.45, 7) is 21.4. The van der Waals surface area contributed by atoms with E-state index in [0.717, 1.165) is 43.5 Å². The van der Waals surface area contributed by atoms with E-state index in [1.807, 2.05) is 24.3 Å². The Balaban J connectivity index is 0.000000153. The molecular formula is C53H60Cl2N3OPRu. The molecular weight excluding hydrogens is 898 g/mol. The third-order valence-electron chi connectivity index (χ3n) is 11.1.